The second-order valence-corrected chi connectivity index (χ2v) is 8.54. The number of amides is 1. The molecule has 0 aliphatic heterocycles. The molecular formula is C26H34N2O2. The van der Waals surface area contributed by atoms with Crippen molar-refractivity contribution < 1.29 is 9.53 Å². The zero-order chi connectivity index (χ0) is 21.4. The van der Waals surface area contributed by atoms with Crippen LogP contribution < -0.4 is 10.6 Å². The van der Waals surface area contributed by atoms with Gasteiger partial charge in [0.05, 0.1) is 12.8 Å². The SMILES string of the molecule is C=C(C)CNCOC1CCC(CNC(=O)c2ccccc2C)(c2ccccc2)CC1. The van der Waals surface area contributed by atoms with E-state index < -0.39 is 0 Å². The largest absolute Gasteiger partial charge is 0.363 e. The lowest BCUT2D eigenvalue weighted by molar-refractivity contribution is 0.00368. The van der Waals surface area contributed by atoms with Crippen molar-refractivity contribution in [3.05, 3.63) is 83.4 Å². The monoisotopic (exact) mass is 406 g/mol. The lowest BCUT2D eigenvalue weighted by Crippen LogP contribution is -2.45. The maximum atomic E-state index is 12.8. The first-order valence-electron chi connectivity index (χ1n) is 10.9. The molecule has 1 amide bonds. The van der Waals surface area contributed by atoms with Gasteiger partial charge in [0, 0.05) is 24.1 Å². The van der Waals surface area contributed by atoms with Crippen molar-refractivity contribution in [2.75, 3.05) is 19.8 Å². The van der Waals surface area contributed by atoms with Crippen molar-refractivity contribution in [3.8, 4) is 0 Å². The molecule has 1 aliphatic carbocycles. The molecule has 0 saturated heterocycles. The van der Waals surface area contributed by atoms with E-state index in [0.717, 1.165) is 48.9 Å². The lowest BCUT2D eigenvalue weighted by atomic mass is 9.68. The molecule has 3 rings (SSSR count). The Kier molecular flexibility index (Phi) is 7.83. The Morgan fingerprint density at radius 2 is 1.77 bits per heavy atom. The smallest absolute Gasteiger partial charge is 0.251 e. The number of aryl methyl sites for hydroxylation is 1. The summed E-state index contributed by atoms with van der Waals surface area (Å²) in [6.45, 7) is 9.87. The standard InChI is InChI=1S/C26H34N2O2/c1-20(2)17-27-19-30-23-13-15-26(16-14-23,22-10-5-4-6-11-22)18-28-25(29)24-12-8-7-9-21(24)3/h4-12,23,27H,1,13-19H2,2-3H3,(H,28,29). The molecule has 4 heteroatoms. The Morgan fingerprint density at radius 1 is 1.10 bits per heavy atom. The summed E-state index contributed by atoms with van der Waals surface area (Å²) in [5.74, 6) is 0.00535. The van der Waals surface area contributed by atoms with Crippen molar-refractivity contribution in [1.29, 1.82) is 0 Å². The van der Waals surface area contributed by atoms with Crippen LogP contribution in [-0.2, 0) is 10.2 Å². The Hall–Kier alpha value is -2.43. The predicted molar refractivity (Wildman–Crippen MR) is 123 cm³/mol. The predicted octanol–water partition coefficient (Wildman–Crippen LogP) is 4.75. The minimum Gasteiger partial charge on any atom is -0.363 e. The van der Waals surface area contributed by atoms with E-state index in [4.69, 9.17) is 4.74 Å². The number of carbonyl (C=O) groups is 1. The van der Waals surface area contributed by atoms with Crippen molar-refractivity contribution in [3.63, 3.8) is 0 Å². The zero-order valence-corrected chi connectivity index (χ0v) is 18.2. The van der Waals surface area contributed by atoms with Crippen LogP contribution >= 0.6 is 0 Å². The average molecular weight is 407 g/mol. The number of hydrogen-bond donors (Lipinski definition) is 2. The van der Waals surface area contributed by atoms with E-state index in [1.54, 1.807) is 0 Å². The van der Waals surface area contributed by atoms with Gasteiger partial charge in [-0.15, -0.1) is 0 Å². The van der Waals surface area contributed by atoms with Gasteiger partial charge in [-0.2, -0.15) is 0 Å². The normalized spacial score (nSPS) is 21.2. The molecule has 0 aromatic heterocycles. The molecule has 30 heavy (non-hydrogen) atoms. The fraction of sp³-hybridized carbons (Fsp3) is 0.423. The van der Waals surface area contributed by atoms with Crippen molar-refractivity contribution in [1.82, 2.24) is 10.6 Å². The van der Waals surface area contributed by atoms with Crippen LogP contribution in [0.5, 0.6) is 0 Å². The third kappa shape index (κ3) is 5.80. The summed E-state index contributed by atoms with van der Waals surface area (Å²) >= 11 is 0. The molecule has 2 aromatic carbocycles. The van der Waals surface area contributed by atoms with Gasteiger partial charge in [0.2, 0.25) is 0 Å². The molecule has 0 radical (unpaired) electrons. The summed E-state index contributed by atoms with van der Waals surface area (Å²) in [5, 5.41) is 6.50. The maximum Gasteiger partial charge on any atom is 0.251 e. The summed E-state index contributed by atoms with van der Waals surface area (Å²) < 4.78 is 6.03. The van der Waals surface area contributed by atoms with E-state index in [1.807, 2.05) is 44.2 Å². The topological polar surface area (TPSA) is 50.4 Å². The number of ether oxygens (including phenoxy) is 1. The molecule has 160 valence electrons. The first-order chi connectivity index (χ1) is 14.5. The van der Waals surface area contributed by atoms with Crippen LogP contribution in [-0.4, -0.2) is 31.8 Å². The molecule has 2 N–H and O–H groups in total. The number of benzene rings is 2. The van der Waals surface area contributed by atoms with Gasteiger partial charge in [-0.1, -0.05) is 60.7 Å². The number of rotatable bonds is 9. The lowest BCUT2D eigenvalue weighted by Gasteiger charge is -2.41. The first kappa shape index (κ1) is 22.3. The summed E-state index contributed by atoms with van der Waals surface area (Å²) in [5.41, 5.74) is 4.11. The number of hydrogen-bond acceptors (Lipinski definition) is 3. The van der Waals surface area contributed by atoms with E-state index >= 15 is 0 Å². The van der Waals surface area contributed by atoms with Gasteiger partial charge < -0.3 is 10.1 Å². The highest BCUT2D eigenvalue weighted by molar-refractivity contribution is 5.95. The van der Waals surface area contributed by atoms with Crippen LogP contribution in [0.1, 0.15) is 54.1 Å². The molecule has 0 bridgehead atoms. The number of carbonyl (C=O) groups excluding carboxylic acids is 1. The fourth-order valence-corrected chi connectivity index (χ4v) is 4.28. The quantitative estimate of drug-likeness (QED) is 0.359. The third-order valence-corrected chi connectivity index (χ3v) is 6.10. The van der Waals surface area contributed by atoms with Gasteiger partial charge in [-0.3, -0.25) is 10.1 Å². The van der Waals surface area contributed by atoms with Crippen molar-refractivity contribution in [2.45, 2.75) is 51.0 Å². The maximum absolute atomic E-state index is 12.8. The number of nitrogens with one attached hydrogen (secondary N) is 2. The Bertz CT molecular complexity index is 839. The molecule has 0 heterocycles. The molecule has 0 unspecified atom stereocenters. The van der Waals surface area contributed by atoms with Gasteiger partial charge in [0.1, 0.15) is 0 Å². The second kappa shape index (κ2) is 10.6. The van der Waals surface area contributed by atoms with Crippen LogP contribution in [0.2, 0.25) is 0 Å². The van der Waals surface area contributed by atoms with Gasteiger partial charge in [0.25, 0.3) is 5.91 Å². The Morgan fingerprint density at radius 3 is 2.43 bits per heavy atom. The van der Waals surface area contributed by atoms with Crippen LogP contribution in [0.4, 0.5) is 0 Å². The highest BCUT2D eigenvalue weighted by Crippen LogP contribution is 2.40. The van der Waals surface area contributed by atoms with Crippen LogP contribution in [0.25, 0.3) is 0 Å². The molecule has 1 aliphatic rings. The summed E-state index contributed by atoms with van der Waals surface area (Å²) in [6, 6.07) is 18.4. The molecule has 0 atom stereocenters. The third-order valence-electron chi connectivity index (χ3n) is 6.10. The highest BCUT2D eigenvalue weighted by atomic mass is 16.5. The minimum atomic E-state index is -0.0510. The Labute approximate surface area is 180 Å². The molecule has 0 spiro atoms. The minimum absolute atomic E-state index is 0.00535. The zero-order valence-electron chi connectivity index (χ0n) is 18.2. The molecule has 1 saturated carbocycles. The van der Waals surface area contributed by atoms with Crippen molar-refractivity contribution >= 4 is 5.91 Å². The van der Waals surface area contributed by atoms with Gasteiger partial charge in [-0.25, -0.2) is 0 Å². The highest BCUT2D eigenvalue weighted by Gasteiger charge is 2.37. The van der Waals surface area contributed by atoms with Gasteiger partial charge in [-0.05, 0) is 56.7 Å². The van der Waals surface area contributed by atoms with Gasteiger partial charge in [0.15, 0.2) is 0 Å². The van der Waals surface area contributed by atoms with Crippen molar-refractivity contribution in [2.24, 2.45) is 0 Å². The van der Waals surface area contributed by atoms with Crippen LogP contribution in [0, 0.1) is 6.92 Å². The summed E-state index contributed by atoms with van der Waals surface area (Å²) in [6.07, 6.45) is 4.23. The summed E-state index contributed by atoms with van der Waals surface area (Å²) in [7, 11) is 0. The molecule has 1 fully saturated rings. The van der Waals surface area contributed by atoms with E-state index in [0.29, 0.717) is 13.3 Å². The molecule has 2 aromatic rings. The van der Waals surface area contributed by atoms with E-state index in [2.05, 4.69) is 41.5 Å². The van der Waals surface area contributed by atoms with E-state index in [-0.39, 0.29) is 17.4 Å². The molecular weight excluding hydrogens is 372 g/mol. The van der Waals surface area contributed by atoms with Crippen LogP contribution in [0.3, 0.4) is 0 Å². The van der Waals surface area contributed by atoms with E-state index in [1.165, 1.54) is 5.56 Å². The van der Waals surface area contributed by atoms with E-state index in [9.17, 15) is 4.79 Å². The average Bonchev–Trinajstić information content (AvgIpc) is 2.77. The molecule has 4 nitrogen and oxygen atoms in total. The van der Waals surface area contributed by atoms with Crippen LogP contribution in [0.15, 0.2) is 66.7 Å². The first-order valence-corrected chi connectivity index (χ1v) is 10.9. The summed E-state index contributed by atoms with van der Waals surface area (Å²) in [4.78, 5) is 12.8. The van der Waals surface area contributed by atoms with Gasteiger partial charge >= 0.3 is 0 Å². The Balaban J connectivity index is 1.63. The fourth-order valence-electron chi connectivity index (χ4n) is 4.28. The second-order valence-electron chi connectivity index (χ2n) is 8.54.